The van der Waals surface area contributed by atoms with Gasteiger partial charge in [-0.15, -0.1) is 0 Å². The molecule has 1 rings (SSSR count). The van der Waals surface area contributed by atoms with E-state index in [0.717, 1.165) is 0 Å². The van der Waals surface area contributed by atoms with Gasteiger partial charge in [-0.25, -0.2) is 0 Å². The van der Waals surface area contributed by atoms with Crippen LogP contribution in [0, 0.1) is 11.3 Å². The monoisotopic (exact) mass is 523 g/mol. The number of anilines is 1. The molecule has 13 nitrogen and oxygen atoms in total. The van der Waals surface area contributed by atoms with Crippen LogP contribution in [0.5, 0.6) is 0 Å². The van der Waals surface area contributed by atoms with Crippen LogP contribution in [0.25, 0.3) is 0 Å². The smallest absolute Gasteiger partial charge is 0.325 e. The summed E-state index contributed by atoms with van der Waals surface area (Å²) in [6.45, 7) is 3.01. The van der Waals surface area contributed by atoms with Gasteiger partial charge >= 0.3 is 17.2 Å². The number of amides is 3. The zero-order valence-electron chi connectivity index (χ0n) is 19.9. The molecular weight excluding hydrogens is 494 g/mol. The Balaban J connectivity index is 2.79. The number of hydrogen-bond donors (Lipinski definition) is 4. The number of ether oxygens (including phenoxy) is 2. The zero-order valence-corrected chi connectivity index (χ0v) is 20.7. The van der Waals surface area contributed by atoms with Crippen LogP contribution in [0.1, 0.15) is 32.3 Å². The SMILES string of the molecule is CCOC(=O)CNC(=O)[C@H](CSC(=O)N(O)c1ccc(C#N)cc1)NC(=O)CC[C@H](N)C(=O)OCC. The molecule has 1 aromatic rings. The van der Waals surface area contributed by atoms with Crippen molar-refractivity contribution in [1.29, 1.82) is 5.26 Å². The minimum atomic E-state index is -1.27. The van der Waals surface area contributed by atoms with E-state index in [2.05, 4.69) is 10.6 Å². The van der Waals surface area contributed by atoms with E-state index in [4.69, 9.17) is 20.5 Å². The number of carbonyl (C=O) groups excluding carboxylic acids is 5. The summed E-state index contributed by atoms with van der Waals surface area (Å²) in [7, 11) is 0. The van der Waals surface area contributed by atoms with Crippen molar-refractivity contribution >= 4 is 46.4 Å². The molecule has 0 fully saturated rings. The van der Waals surface area contributed by atoms with Gasteiger partial charge in [-0.05, 0) is 44.5 Å². The highest BCUT2D eigenvalue weighted by Crippen LogP contribution is 2.19. The molecular formula is C22H29N5O8S. The molecule has 0 spiro atoms. The van der Waals surface area contributed by atoms with Gasteiger partial charge in [0.1, 0.15) is 18.6 Å². The summed E-state index contributed by atoms with van der Waals surface area (Å²) in [5.41, 5.74) is 6.09. The fourth-order valence-corrected chi connectivity index (χ4v) is 3.37. The summed E-state index contributed by atoms with van der Waals surface area (Å²) in [5.74, 6) is -3.05. The number of thioether (sulfide) groups is 1. The first-order valence-corrected chi connectivity index (χ1v) is 11.9. The summed E-state index contributed by atoms with van der Waals surface area (Å²) in [6, 6.07) is 5.13. The number of hydrogen-bond acceptors (Lipinski definition) is 11. The third-order valence-corrected chi connectivity index (χ3v) is 5.34. The van der Waals surface area contributed by atoms with Crippen LogP contribution in [0.3, 0.4) is 0 Å². The number of rotatable bonds is 13. The maximum atomic E-state index is 12.6. The van der Waals surface area contributed by atoms with Crippen molar-refractivity contribution in [3.8, 4) is 6.07 Å². The van der Waals surface area contributed by atoms with Crippen molar-refractivity contribution in [1.82, 2.24) is 10.6 Å². The van der Waals surface area contributed by atoms with Gasteiger partial charge < -0.3 is 25.8 Å². The molecule has 5 N–H and O–H groups in total. The second-order valence-electron chi connectivity index (χ2n) is 7.09. The lowest BCUT2D eigenvalue weighted by Gasteiger charge is -2.20. The standard InChI is InChI=1S/C22H29N5O8S/c1-3-34-19(29)12-25-20(30)17(26-18(28)10-9-16(24)21(31)35-4-2)13-36-22(32)27(33)15-7-5-14(11-23)6-8-15/h5-8,16-17,33H,3-4,9-10,12-13,24H2,1-2H3,(H,25,30)(H,26,28)/t16-,17-/m0/s1. The van der Waals surface area contributed by atoms with Gasteiger partial charge in [0, 0.05) is 12.2 Å². The lowest BCUT2D eigenvalue weighted by Crippen LogP contribution is -2.50. The van der Waals surface area contributed by atoms with E-state index in [0.29, 0.717) is 22.4 Å². The van der Waals surface area contributed by atoms with Crippen LogP contribution in [0.4, 0.5) is 10.5 Å². The highest BCUT2D eigenvalue weighted by molar-refractivity contribution is 8.13. The fraction of sp³-hybridized carbons (Fsp3) is 0.455. The van der Waals surface area contributed by atoms with Gasteiger partial charge in [0.25, 0.3) is 0 Å². The van der Waals surface area contributed by atoms with Crippen LogP contribution in [-0.2, 0) is 28.7 Å². The Morgan fingerprint density at radius 1 is 1.14 bits per heavy atom. The van der Waals surface area contributed by atoms with Gasteiger partial charge in [0.05, 0.1) is 30.5 Å². The third-order valence-electron chi connectivity index (χ3n) is 4.42. The quantitative estimate of drug-likeness (QED) is 0.159. The zero-order chi connectivity index (χ0) is 27.1. The van der Waals surface area contributed by atoms with Crippen molar-refractivity contribution < 1.29 is 38.7 Å². The molecule has 0 aromatic heterocycles. The largest absolute Gasteiger partial charge is 0.465 e. The lowest BCUT2D eigenvalue weighted by molar-refractivity contribution is -0.145. The highest BCUT2D eigenvalue weighted by Gasteiger charge is 2.25. The topological polar surface area (TPSA) is 201 Å². The first-order chi connectivity index (χ1) is 17.1. The molecule has 14 heteroatoms. The molecule has 0 unspecified atom stereocenters. The molecule has 0 saturated heterocycles. The number of nitrogens with one attached hydrogen (secondary N) is 2. The molecule has 0 aliphatic carbocycles. The van der Waals surface area contributed by atoms with Crippen molar-refractivity contribution in [3.63, 3.8) is 0 Å². The number of nitrogens with zero attached hydrogens (tertiary/aromatic N) is 2. The molecule has 36 heavy (non-hydrogen) atoms. The summed E-state index contributed by atoms with van der Waals surface area (Å²) >= 11 is 0.530. The third kappa shape index (κ3) is 10.7. The summed E-state index contributed by atoms with van der Waals surface area (Å²) in [4.78, 5) is 60.5. The van der Waals surface area contributed by atoms with Gasteiger partial charge in [0.15, 0.2) is 0 Å². The number of nitrogens with two attached hydrogens (primary N) is 1. The molecule has 0 saturated carbocycles. The number of carbonyl (C=O) groups is 5. The maximum Gasteiger partial charge on any atom is 0.325 e. The highest BCUT2D eigenvalue weighted by atomic mass is 32.2. The Kier molecular flexibility index (Phi) is 13.6. The average molecular weight is 524 g/mol. The van der Waals surface area contributed by atoms with Crippen LogP contribution >= 0.6 is 11.8 Å². The molecule has 0 bridgehead atoms. The molecule has 0 aliphatic rings. The molecule has 0 aliphatic heterocycles. The number of nitriles is 1. The Morgan fingerprint density at radius 3 is 2.36 bits per heavy atom. The normalized spacial score (nSPS) is 11.9. The van der Waals surface area contributed by atoms with Gasteiger partial charge in [-0.3, -0.25) is 29.2 Å². The van der Waals surface area contributed by atoms with Crippen LogP contribution < -0.4 is 21.4 Å². The van der Waals surface area contributed by atoms with Gasteiger partial charge in [-0.1, -0.05) is 11.8 Å². The molecule has 3 amide bonds. The van der Waals surface area contributed by atoms with E-state index in [1.54, 1.807) is 13.8 Å². The van der Waals surface area contributed by atoms with Crippen LogP contribution in [0.15, 0.2) is 24.3 Å². The Bertz CT molecular complexity index is 966. The van der Waals surface area contributed by atoms with E-state index >= 15 is 0 Å². The molecule has 196 valence electrons. The van der Waals surface area contributed by atoms with Crippen molar-refractivity contribution in [2.24, 2.45) is 5.73 Å². The van der Waals surface area contributed by atoms with Crippen LogP contribution in [-0.4, -0.2) is 71.8 Å². The van der Waals surface area contributed by atoms with Crippen LogP contribution in [0.2, 0.25) is 0 Å². The van der Waals surface area contributed by atoms with Crippen molar-refractivity contribution in [2.75, 3.05) is 30.6 Å². The van der Waals surface area contributed by atoms with E-state index in [1.807, 2.05) is 6.07 Å². The number of benzene rings is 1. The molecule has 0 heterocycles. The first kappa shape index (κ1) is 30.4. The summed E-state index contributed by atoms with van der Waals surface area (Å²) in [5, 5.41) is 23.2. The lowest BCUT2D eigenvalue weighted by atomic mass is 10.1. The summed E-state index contributed by atoms with van der Waals surface area (Å²) < 4.78 is 9.52. The fourth-order valence-electron chi connectivity index (χ4n) is 2.60. The van der Waals surface area contributed by atoms with Crippen molar-refractivity contribution in [2.45, 2.75) is 38.8 Å². The summed E-state index contributed by atoms with van der Waals surface area (Å²) in [6.07, 6.45) is -0.255. The second-order valence-corrected chi connectivity index (χ2v) is 8.06. The number of esters is 2. The average Bonchev–Trinajstić information content (AvgIpc) is 2.87. The second kappa shape index (κ2) is 16.1. The minimum Gasteiger partial charge on any atom is -0.465 e. The maximum absolute atomic E-state index is 12.6. The Hall–Kier alpha value is -3.67. The van der Waals surface area contributed by atoms with E-state index in [9.17, 15) is 29.2 Å². The predicted octanol–water partition coefficient (Wildman–Crippen LogP) is 0.442. The molecule has 0 radical (unpaired) electrons. The first-order valence-electron chi connectivity index (χ1n) is 10.9. The number of hydroxylamine groups is 1. The Morgan fingerprint density at radius 2 is 1.78 bits per heavy atom. The van der Waals surface area contributed by atoms with Gasteiger partial charge in [0.2, 0.25) is 11.8 Å². The minimum absolute atomic E-state index is 0.0446. The van der Waals surface area contributed by atoms with E-state index < -0.39 is 47.6 Å². The van der Waals surface area contributed by atoms with E-state index in [-0.39, 0.29) is 37.5 Å². The predicted molar refractivity (Wildman–Crippen MR) is 129 cm³/mol. The van der Waals surface area contributed by atoms with Gasteiger partial charge in [-0.2, -0.15) is 10.3 Å². The molecule has 1 aromatic carbocycles. The Labute approximate surface area is 212 Å². The molecule has 2 atom stereocenters. The van der Waals surface area contributed by atoms with E-state index in [1.165, 1.54) is 24.3 Å². The van der Waals surface area contributed by atoms with Crippen molar-refractivity contribution in [3.05, 3.63) is 29.8 Å².